The Morgan fingerprint density at radius 3 is 1.71 bits per heavy atom. The van der Waals surface area contributed by atoms with Gasteiger partial charge < -0.3 is 15.0 Å². The fourth-order valence-corrected chi connectivity index (χ4v) is 2.89. The quantitative estimate of drug-likeness (QED) is 0.289. The second-order valence-corrected chi connectivity index (χ2v) is 6.64. The van der Waals surface area contributed by atoms with E-state index >= 15 is 0 Å². The van der Waals surface area contributed by atoms with Crippen LogP contribution in [0.1, 0.15) is 84.0 Å². The van der Waals surface area contributed by atoms with E-state index in [0.717, 1.165) is 6.67 Å². The van der Waals surface area contributed by atoms with Gasteiger partial charge in [0, 0.05) is 26.0 Å². The minimum atomic E-state index is -1.50. The molecule has 0 saturated carbocycles. The second kappa shape index (κ2) is 16.4. The SMILES string of the molecule is CCCCCCCCCCCCCCN1C=CN(C)C1.O=[N+]([O-])O. The molecule has 0 radical (unpaired) electrons. The molecule has 0 aromatic rings. The highest BCUT2D eigenvalue weighted by Crippen LogP contribution is 2.12. The van der Waals surface area contributed by atoms with E-state index in [9.17, 15) is 0 Å². The van der Waals surface area contributed by atoms with Crippen molar-refractivity contribution in [1.82, 2.24) is 9.80 Å². The van der Waals surface area contributed by atoms with Gasteiger partial charge >= 0.3 is 0 Å². The average Bonchev–Trinajstić information content (AvgIpc) is 2.93. The number of nitrogens with zero attached hydrogens (tertiary/aromatic N) is 3. The highest BCUT2D eigenvalue weighted by molar-refractivity contribution is 4.88. The highest BCUT2D eigenvalue weighted by Gasteiger charge is 2.06. The van der Waals surface area contributed by atoms with Crippen LogP contribution in [-0.4, -0.2) is 40.4 Å². The van der Waals surface area contributed by atoms with Gasteiger partial charge in [-0.2, -0.15) is 0 Å². The third kappa shape index (κ3) is 16.9. The van der Waals surface area contributed by atoms with Crippen LogP contribution in [-0.2, 0) is 0 Å². The Morgan fingerprint density at radius 1 is 0.917 bits per heavy atom. The molecule has 0 aliphatic carbocycles. The lowest BCUT2D eigenvalue weighted by Gasteiger charge is -2.17. The van der Waals surface area contributed by atoms with Crippen molar-refractivity contribution in [1.29, 1.82) is 0 Å². The fourth-order valence-electron chi connectivity index (χ4n) is 2.89. The van der Waals surface area contributed by atoms with Crippen molar-refractivity contribution in [2.45, 2.75) is 84.0 Å². The van der Waals surface area contributed by atoms with Gasteiger partial charge in [0.1, 0.15) is 0 Å². The molecule has 0 saturated heterocycles. The summed E-state index contributed by atoms with van der Waals surface area (Å²) in [6.07, 6.45) is 21.6. The normalized spacial score (nSPS) is 13.1. The standard InChI is InChI=1S/C18H36N2.HNO3/c1-3-4-5-6-7-8-9-10-11-12-13-14-15-20-17-16-19(2)18-20;2-1(3)4/h16-17H,3-15,18H2,1-2H3;(H,2,3,4). The van der Waals surface area contributed by atoms with Gasteiger partial charge in [0.2, 0.25) is 0 Å². The summed E-state index contributed by atoms with van der Waals surface area (Å²) in [5.74, 6) is 0. The molecule has 6 nitrogen and oxygen atoms in total. The number of unbranched alkanes of at least 4 members (excludes halogenated alkanes) is 11. The summed E-state index contributed by atoms with van der Waals surface area (Å²) in [6.45, 7) is 4.61. The van der Waals surface area contributed by atoms with Crippen LogP contribution in [0.2, 0.25) is 0 Å². The number of hydrogen-bond acceptors (Lipinski definition) is 4. The average molecular weight is 344 g/mol. The predicted molar refractivity (Wildman–Crippen MR) is 98.3 cm³/mol. The Kier molecular flexibility index (Phi) is 15.4. The van der Waals surface area contributed by atoms with Crippen molar-refractivity contribution >= 4 is 0 Å². The third-order valence-electron chi connectivity index (χ3n) is 4.24. The van der Waals surface area contributed by atoms with Gasteiger partial charge in [-0.3, -0.25) is 0 Å². The van der Waals surface area contributed by atoms with Crippen LogP contribution in [0.15, 0.2) is 12.4 Å². The maximum Gasteiger partial charge on any atom is 0.291 e. The Hall–Kier alpha value is -1.46. The zero-order valence-electron chi connectivity index (χ0n) is 15.7. The first-order valence-electron chi connectivity index (χ1n) is 9.52. The van der Waals surface area contributed by atoms with E-state index < -0.39 is 5.09 Å². The number of rotatable bonds is 13. The molecule has 0 atom stereocenters. The van der Waals surface area contributed by atoms with Crippen molar-refractivity contribution < 1.29 is 10.3 Å². The van der Waals surface area contributed by atoms with Gasteiger partial charge in [0.05, 0.1) is 6.67 Å². The van der Waals surface area contributed by atoms with E-state index in [-0.39, 0.29) is 0 Å². The van der Waals surface area contributed by atoms with E-state index in [1.165, 1.54) is 83.6 Å². The van der Waals surface area contributed by atoms with Crippen LogP contribution in [0.5, 0.6) is 0 Å². The van der Waals surface area contributed by atoms with Gasteiger partial charge in [0.25, 0.3) is 5.09 Å². The van der Waals surface area contributed by atoms with Gasteiger partial charge in [-0.15, -0.1) is 10.1 Å². The van der Waals surface area contributed by atoms with Crippen LogP contribution < -0.4 is 0 Å². The van der Waals surface area contributed by atoms with Gasteiger partial charge in [0.15, 0.2) is 0 Å². The van der Waals surface area contributed by atoms with Crippen LogP contribution in [0.4, 0.5) is 0 Å². The van der Waals surface area contributed by atoms with Crippen LogP contribution in [0, 0.1) is 10.1 Å². The molecule has 0 unspecified atom stereocenters. The van der Waals surface area contributed by atoms with Crippen molar-refractivity contribution in [3.05, 3.63) is 22.5 Å². The summed E-state index contributed by atoms with van der Waals surface area (Å²) in [5, 5.41) is 13.6. The first-order chi connectivity index (χ1) is 11.6. The number of hydrogen-bond donors (Lipinski definition) is 1. The summed E-state index contributed by atoms with van der Waals surface area (Å²) < 4.78 is 0. The zero-order valence-corrected chi connectivity index (χ0v) is 15.7. The van der Waals surface area contributed by atoms with Crippen molar-refractivity contribution in [2.24, 2.45) is 0 Å². The minimum absolute atomic E-state index is 1.08. The monoisotopic (exact) mass is 343 g/mol. The molecule has 6 heteroatoms. The van der Waals surface area contributed by atoms with Crippen LogP contribution in [0.3, 0.4) is 0 Å². The summed E-state index contributed by atoms with van der Waals surface area (Å²) in [5.41, 5.74) is 0. The molecule has 1 aliphatic heterocycles. The predicted octanol–water partition coefficient (Wildman–Crippen LogP) is 5.02. The molecular weight excluding hydrogens is 306 g/mol. The van der Waals surface area contributed by atoms with Crippen LogP contribution >= 0.6 is 0 Å². The largest absolute Gasteiger partial charge is 0.362 e. The van der Waals surface area contributed by atoms with Crippen molar-refractivity contribution in [3.63, 3.8) is 0 Å². The van der Waals surface area contributed by atoms with E-state index in [2.05, 4.69) is 36.2 Å². The molecule has 1 N–H and O–H groups in total. The first kappa shape index (κ1) is 22.5. The van der Waals surface area contributed by atoms with Crippen molar-refractivity contribution in [3.8, 4) is 0 Å². The maximum atomic E-state index is 8.36. The molecule has 0 aromatic carbocycles. The molecule has 1 heterocycles. The lowest BCUT2D eigenvalue weighted by molar-refractivity contribution is -0.742. The van der Waals surface area contributed by atoms with E-state index in [1.807, 2.05) is 0 Å². The highest BCUT2D eigenvalue weighted by atomic mass is 16.9. The van der Waals surface area contributed by atoms with E-state index in [4.69, 9.17) is 15.3 Å². The Bertz CT molecular complexity index is 321. The Morgan fingerprint density at radius 2 is 1.33 bits per heavy atom. The molecule has 0 bridgehead atoms. The Balaban J connectivity index is 0.00000118. The molecule has 0 spiro atoms. The van der Waals surface area contributed by atoms with Crippen molar-refractivity contribution in [2.75, 3.05) is 20.3 Å². The summed E-state index contributed by atoms with van der Waals surface area (Å²) in [7, 11) is 2.14. The molecule has 0 fully saturated rings. The van der Waals surface area contributed by atoms with E-state index in [1.54, 1.807) is 0 Å². The molecule has 0 aromatic heterocycles. The first-order valence-corrected chi connectivity index (χ1v) is 9.52. The molecule has 1 aliphatic rings. The third-order valence-corrected chi connectivity index (χ3v) is 4.24. The second-order valence-electron chi connectivity index (χ2n) is 6.64. The summed E-state index contributed by atoms with van der Waals surface area (Å²) in [6, 6.07) is 0. The Labute approximate surface area is 147 Å². The molecule has 24 heavy (non-hydrogen) atoms. The zero-order chi connectivity index (χ0) is 18.0. The van der Waals surface area contributed by atoms with Gasteiger partial charge in [-0.05, 0) is 6.42 Å². The molecule has 0 amide bonds. The molecular formula is C18H37N3O3. The smallest absolute Gasteiger partial charge is 0.291 e. The summed E-state index contributed by atoms with van der Waals surface area (Å²) >= 11 is 0. The molecule has 142 valence electrons. The lowest BCUT2D eigenvalue weighted by atomic mass is 10.1. The lowest BCUT2D eigenvalue weighted by Crippen LogP contribution is -2.23. The minimum Gasteiger partial charge on any atom is -0.362 e. The maximum absolute atomic E-state index is 8.36. The summed E-state index contributed by atoms with van der Waals surface area (Å²) in [4.78, 5) is 13.0. The van der Waals surface area contributed by atoms with Gasteiger partial charge in [-0.25, -0.2) is 0 Å². The fraction of sp³-hybridized carbons (Fsp3) is 0.889. The van der Waals surface area contributed by atoms with E-state index in [0.29, 0.717) is 0 Å². The topological polar surface area (TPSA) is 69.9 Å². The van der Waals surface area contributed by atoms with Crippen LogP contribution in [0.25, 0.3) is 0 Å². The van der Waals surface area contributed by atoms with Gasteiger partial charge in [-0.1, -0.05) is 77.6 Å². The molecule has 1 rings (SSSR count).